The molecule has 92 valence electrons. The van der Waals surface area contributed by atoms with Crippen LogP contribution in [0, 0.1) is 23.7 Å². The summed E-state index contributed by atoms with van der Waals surface area (Å²) >= 11 is 0. The largest absolute Gasteiger partial charge is 0.381 e. The molecule has 0 unspecified atom stereocenters. The molecule has 1 heteroatoms. The highest BCUT2D eigenvalue weighted by atomic mass is 16.5. The van der Waals surface area contributed by atoms with E-state index in [-0.39, 0.29) is 6.10 Å². The summed E-state index contributed by atoms with van der Waals surface area (Å²) in [4.78, 5) is 0. The van der Waals surface area contributed by atoms with E-state index in [1.54, 1.807) is 7.11 Å². The average Bonchev–Trinajstić information content (AvgIpc) is 2.23. The van der Waals surface area contributed by atoms with Crippen LogP contribution in [-0.2, 0) is 4.74 Å². The molecule has 0 amide bonds. The molecule has 0 aliphatic rings. The van der Waals surface area contributed by atoms with Gasteiger partial charge in [0.05, 0.1) is 6.10 Å². The van der Waals surface area contributed by atoms with Gasteiger partial charge in [-0.15, -0.1) is 0 Å². The predicted octanol–water partition coefficient (Wildman–Crippen LogP) is 4.04. The summed E-state index contributed by atoms with van der Waals surface area (Å²) in [5, 5.41) is 0. The first kappa shape index (κ1) is 15.3. The molecule has 2 atom stereocenters. The smallest absolute Gasteiger partial charge is 0.0654 e. The van der Waals surface area contributed by atoms with Crippen molar-refractivity contribution in [3.63, 3.8) is 0 Å². The van der Waals surface area contributed by atoms with Crippen LogP contribution in [0.25, 0.3) is 0 Å². The van der Waals surface area contributed by atoms with Crippen LogP contribution in [0.3, 0.4) is 0 Å². The zero-order valence-corrected chi connectivity index (χ0v) is 11.4. The molecule has 0 rings (SSSR count). The Hall–Kier alpha value is -0.740. The molecule has 1 nitrogen and oxygen atoms in total. The third-order valence-electron chi connectivity index (χ3n) is 2.69. The number of methoxy groups -OCH3 is 1. The Morgan fingerprint density at radius 2 is 1.94 bits per heavy atom. The van der Waals surface area contributed by atoms with E-state index < -0.39 is 0 Å². The highest BCUT2D eigenvalue weighted by Gasteiger charge is 2.17. The van der Waals surface area contributed by atoms with Gasteiger partial charge in [0, 0.05) is 19.4 Å². The lowest BCUT2D eigenvalue weighted by Crippen LogP contribution is -2.24. The van der Waals surface area contributed by atoms with Crippen LogP contribution in [0.2, 0.25) is 0 Å². The van der Waals surface area contributed by atoms with Gasteiger partial charge in [0.2, 0.25) is 0 Å². The Morgan fingerprint density at radius 3 is 2.44 bits per heavy atom. The molecule has 0 aromatic heterocycles. The Bertz CT molecular complexity index is 242. The van der Waals surface area contributed by atoms with Crippen LogP contribution in [-0.4, -0.2) is 13.2 Å². The van der Waals surface area contributed by atoms with Gasteiger partial charge in [-0.2, -0.15) is 0 Å². The minimum atomic E-state index is 0.286. The summed E-state index contributed by atoms with van der Waals surface area (Å²) in [6, 6.07) is 0. The first-order valence-corrected chi connectivity index (χ1v) is 6.31. The van der Waals surface area contributed by atoms with Gasteiger partial charge in [-0.25, -0.2) is 0 Å². The molecule has 0 aliphatic carbocycles. The standard InChI is InChI=1S/C15H26O/c1-6-7-8-9-10-11-12-14(4)15(16-5)13(2)3/h11-15H,6-8H2,1-5H3/b12-11-/t14-,15+/m0/s1. The van der Waals surface area contributed by atoms with E-state index >= 15 is 0 Å². The van der Waals surface area contributed by atoms with Crippen LogP contribution < -0.4 is 0 Å². The van der Waals surface area contributed by atoms with Gasteiger partial charge in [-0.1, -0.05) is 52.0 Å². The lowest BCUT2D eigenvalue weighted by Gasteiger charge is -2.23. The van der Waals surface area contributed by atoms with E-state index in [9.17, 15) is 0 Å². The monoisotopic (exact) mass is 222 g/mol. The minimum absolute atomic E-state index is 0.286. The maximum atomic E-state index is 5.47. The summed E-state index contributed by atoms with van der Waals surface area (Å²) in [5.74, 6) is 7.19. The molecule has 16 heavy (non-hydrogen) atoms. The average molecular weight is 222 g/mol. The molecule has 0 spiro atoms. The molecule has 0 aromatic carbocycles. The van der Waals surface area contributed by atoms with Gasteiger partial charge in [-0.3, -0.25) is 0 Å². The molecule has 0 aromatic rings. The van der Waals surface area contributed by atoms with Crippen LogP contribution >= 0.6 is 0 Å². The van der Waals surface area contributed by atoms with Crippen molar-refractivity contribution in [2.75, 3.05) is 7.11 Å². The fourth-order valence-electron chi connectivity index (χ4n) is 1.80. The molecule has 0 radical (unpaired) electrons. The Labute approximate surface area is 101 Å². The molecule has 0 aliphatic heterocycles. The van der Waals surface area contributed by atoms with E-state index in [0.29, 0.717) is 11.8 Å². The normalized spacial score (nSPS) is 14.9. The zero-order chi connectivity index (χ0) is 12.4. The molecule has 0 fully saturated rings. The molecular formula is C15H26O. The van der Waals surface area contributed by atoms with Crippen molar-refractivity contribution >= 4 is 0 Å². The van der Waals surface area contributed by atoms with E-state index in [0.717, 1.165) is 6.42 Å². The zero-order valence-electron chi connectivity index (χ0n) is 11.4. The quantitative estimate of drug-likeness (QED) is 0.487. The van der Waals surface area contributed by atoms with Gasteiger partial charge in [0.25, 0.3) is 0 Å². The Balaban J connectivity index is 4.04. The molecule has 0 heterocycles. The van der Waals surface area contributed by atoms with Crippen molar-refractivity contribution in [1.29, 1.82) is 0 Å². The van der Waals surface area contributed by atoms with Crippen molar-refractivity contribution in [3.8, 4) is 11.8 Å². The van der Waals surface area contributed by atoms with Gasteiger partial charge in [-0.05, 0) is 18.4 Å². The second kappa shape index (κ2) is 9.48. The SMILES string of the molecule is CCCCC#C/C=C\[C@H](C)[C@H](OC)C(C)C. The summed E-state index contributed by atoms with van der Waals surface area (Å²) in [6.45, 7) is 8.74. The maximum absolute atomic E-state index is 5.47. The second-order valence-electron chi connectivity index (χ2n) is 4.59. The van der Waals surface area contributed by atoms with Crippen molar-refractivity contribution < 1.29 is 4.74 Å². The third-order valence-corrected chi connectivity index (χ3v) is 2.69. The summed E-state index contributed by atoms with van der Waals surface area (Å²) in [6.07, 6.45) is 7.82. The summed E-state index contributed by atoms with van der Waals surface area (Å²) < 4.78 is 5.47. The van der Waals surface area contributed by atoms with Crippen molar-refractivity contribution in [2.24, 2.45) is 11.8 Å². The van der Waals surface area contributed by atoms with Crippen LogP contribution in [0.1, 0.15) is 47.0 Å². The lowest BCUT2D eigenvalue weighted by molar-refractivity contribution is 0.0379. The summed E-state index contributed by atoms with van der Waals surface area (Å²) in [5.41, 5.74) is 0. The highest BCUT2D eigenvalue weighted by molar-refractivity contribution is 5.16. The van der Waals surface area contributed by atoms with Gasteiger partial charge >= 0.3 is 0 Å². The number of unbranched alkanes of at least 4 members (excludes halogenated alkanes) is 2. The van der Waals surface area contributed by atoms with E-state index in [2.05, 4.69) is 45.6 Å². The topological polar surface area (TPSA) is 9.23 Å². The third kappa shape index (κ3) is 6.69. The fourth-order valence-corrected chi connectivity index (χ4v) is 1.80. The van der Waals surface area contributed by atoms with Crippen molar-refractivity contribution in [3.05, 3.63) is 12.2 Å². The molecule has 0 N–H and O–H groups in total. The molecule has 0 saturated carbocycles. The first-order chi connectivity index (χ1) is 7.63. The molecule has 0 saturated heterocycles. The minimum Gasteiger partial charge on any atom is -0.381 e. The van der Waals surface area contributed by atoms with Crippen molar-refractivity contribution in [1.82, 2.24) is 0 Å². The number of allylic oxidation sites excluding steroid dienone is 1. The van der Waals surface area contributed by atoms with E-state index in [4.69, 9.17) is 4.74 Å². The van der Waals surface area contributed by atoms with E-state index in [1.807, 2.05) is 6.08 Å². The van der Waals surface area contributed by atoms with Gasteiger partial charge < -0.3 is 4.74 Å². The number of hydrogen-bond donors (Lipinski definition) is 0. The number of hydrogen-bond acceptors (Lipinski definition) is 1. The Morgan fingerprint density at radius 1 is 1.25 bits per heavy atom. The highest BCUT2D eigenvalue weighted by Crippen LogP contribution is 2.16. The first-order valence-electron chi connectivity index (χ1n) is 6.31. The van der Waals surface area contributed by atoms with Gasteiger partial charge in [0.1, 0.15) is 0 Å². The summed E-state index contributed by atoms with van der Waals surface area (Å²) in [7, 11) is 1.78. The molecule has 0 bridgehead atoms. The fraction of sp³-hybridized carbons (Fsp3) is 0.733. The van der Waals surface area contributed by atoms with Crippen LogP contribution in [0.5, 0.6) is 0 Å². The van der Waals surface area contributed by atoms with E-state index in [1.165, 1.54) is 12.8 Å². The Kier molecular flexibility index (Phi) is 9.04. The number of rotatable bonds is 6. The van der Waals surface area contributed by atoms with Crippen LogP contribution in [0.15, 0.2) is 12.2 Å². The van der Waals surface area contributed by atoms with Gasteiger partial charge in [0.15, 0.2) is 0 Å². The molecular weight excluding hydrogens is 196 g/mol. The predicted molar refractivity (Wildman–Crippen MR) is 71.2 cm³/mol. The number of ether oxygens (including phenoxy) is 1. The van der Waals surface area contributed by atoms with Crippen LogP contribution in [0.4, 0.5) is 0 Å². The van der Waals surface area contributed by atoms with Crippen molar-refractivity contribution in [2.45, 2.75) is 53.1 Å². The maximum Gasteiger partial charge on any atom is 0.0654 e. The second-order valence-corrected chi connectivity index (χ2v) is 4.59. The lowest BCUT2D eigenvalue weighted by atomic mass is 9.94.